The number of hydrogen-bond donors (Lipinski definition) is 0. The van der Waals surface area contributed by atoms with Crippen LogP contribution in [0.25, 0.3) is 0 Å². The van der Waals surface area contributed by atoms with Crippen molar-refractivity contribution in [1.82, 2.24) is 9.80 Å². The van der Waals surface area contributed by atoms with Gasteiger partial charge >= 0.3 is 0 Å². The Labute approximate surface area is 78.5 Å². The normalized spacial score (nSPS) is 24.9. The zero-order valence-electron chi connectivity index (χ0n) is 8.19. The summed E-state index contributed by atoms with van der Waals surface area (Å²) in [5.41, 5.74) is 0. The van der Waals surface area contributed by atoms with Crippen LogP contribution in [-0.4, -0.2) is 54.7 Å². The smallest absolute Gasteiger partial charge is 0.236 e. The number of nitrogens with zero attached hydrogens (tertiary/aromatic N) is 2. The van der Waals surface area contributed by atoms with Crippen LogP contribution in [-0.2, 0) is 9.59 Å². The third-order valence-electron chi connectivity index (χ3n) is 2.50. The standard InChI is InChI=1S/C9H16N2O2/c1-8-6-11(4-3-5-12)7-9(13)10(8)2/h5,8H,3-4,6-7H2,1-2H3. The molecule has 0 aromatic rings. The molecule has 0 aromatic heterocycles. The van der Waals surface area contributed by atoms with E-state index in [0.29, 0.717) is 19.5 Å². The van der Waals surface area contributed by atoms with Crippen LogP contribution >= 0.6 is 0 Å². The fourth-order valence-electron chi connectivity index (χ4n) is 1.51. The van der Waals surface area contributed by atoms with Gasteiger partial charge in [0.15, 0.2) is 0 Å². The van der Waals surface area contributed by atoms with Crippen LogP contribution in [0, 0.1) is 0 Å². The predicted octanol–water partition coefficient (Wildman–Crippen LogP) is -0.262. The van der Waals surface area contributed by atoms with Crippen molar-refractivity contribution >= 4 is 12.2 Å². The van der Waals surface area contributed by atoms with Crippen molar-refractivity contribution in [3.8, 4) is 0 Å². The molecule has 1 atom stereocenters. The van der Waals surface area contributed by atoms with Crippen molar-refractivity contribution in [1.29, 1.82) is 0 Å². The lowest BCUT2D eigenvalue weighted by atomic mass is 10.2. The van der Waals surface area contributed by atoms with Crippen molar-refractivity contribution in [2.75, 3.05) is 26.7 Å². The first-order valence-corrected chi connectivity index (χ1v) is 4.56. The fourth-order valence-corrected chi connectivity index (χ4v) is 1.51. The second kappa shape index (κ2) is 4.37. The van der Waals surface area contributed by atoms with Gasteiger partial charge < -0.3 is 9.69 Å². The van der Waals surface area contributed by atoms with Gasteiger partial charge in [-0.15, -0.1) is 0 Å². The molecule has 1 fully saturated rings. The largest absolute Gasteiger partial charge is 0.341 e. The molecule has 1 aliphatic heterocycles. The molecule has 1 amide bonds. The number of carbonyl (C=O) groups is 2. The highest BCUT2D eigenvalue weighted by molar-refractivity contribution is 5.79. The van der Waals surface area contributed by atoms with Gasteiger partial charge in [0, 0.05) is 32.6 Å². The molecule has 1 aliphatic rings. The summed E-state index contributed by atoms with van der Waals surface area (Å²) < 4.78 is 0. The van der Waals surface area contributed by atoms with E-state index in [1.165, 1.54) is 0 Å². The molecule has 0 N–H and O–H groups in total. The summed E-state index contributed by atoms with van der Waals surface area (Å²) >= 11 is 0. The maximum absolute atomic E-state index is 11.4. The summed E-state index contributed by atoms with van der Waals surface area (Å²) in [5, 5.41) is 0. The molecule has 0 aromatic carbocycles. The average molecular weight is 184 g/mol. The van der Waals surface area contributed by atoms with Crippen molar-refractivity contribution in [3.05, 3.63) is 0 Å². The Balaban J connectivity index is 2.43. The summed E-state index contributed by atoms with van der Waals surface area (Å²) in [5.74, 6) is 0.143. The van der Waals surface area contributed by atoms with E-state index in [9.17, 15) is 9.59 Å². The van der Waals surface area contributed by atoms with E-state index >= 15 is 0 Å². The van der Waals surface area contributed by atoms with Gasteiger partial charge in [0.25, 0.3) is 0 Å². The number of rotatable bonds is 3. The molecule has 4 heteroatoms. The van der Waals surface area contributed by atoms with E-state index in [1.807, 2.05) is 18.9 Å². The van der Waals surface area contributed by atoms with Crippen molar-refractivity contribution in [2.45, 2.75) is 19.4 Å². The highest BCUT2D eigenvalue weighted by atomic mass is 16.2. The highest BCUT2D eigenvalue weighted by Crippen LogP contribution is 2.07. The molecule has 1 unspecified atom stereocenters. The van der Waals surface area contributed by atoms with Crippen molar-refractivity contribution in [3.63, 3.8) is 0 Å². The number of hydrogen-bond acceptors (Lipinski definition) is 3. The summed E-state index contributed by atoms with van der Waals surface area (Å²) in [4.78, 5) is 25.3. The topological polar surface area (TPSA) is 40.6 Å². The molecule has 0 spiro atoms. The van der Waals surface area contributed by atoms with Crippen LogP contribution in [0.2, 0.25) is 0 Å². The van der Waals surface area contributed by atoms with Gasteiger partial charge in [0.2, 0.25) is 5.91 Å². The minimum atomic E-state index is 0.143. The van der Waals surface area contributed by atoms with E-state index in [4.69, 9.17) is 0 Å². The molecule has 0 bridgehead atoms. The molecule has 0 aliphatic carbocycles. The molecular formula is C9H16N2O2. The van der Waals surface area contributed by atoms with Gasteiger partial charge in [0.1, 0.15) is 6.29 Å². The number of piperazine rings is 1. The molecule has 1 saturated heterocycles. The first-order valence-electron chi connectivity index (χ1n) is 4.56. The lowest BCUT2D eigenvalue weighted by molar-refractivity contribution is -0.137. The quantitative estimate of drug-likeness (QED) is 0.567. The van der Waals surface area contributed by atoms with Gasteiger partial charge in [-0.3, -0.25) is 9.69 Å². The number of carbonyl (C=O) groups excluding carboxylic acids is 2. The number of amides is 1. The summed E-state index contributed by atoms with van der Waals surface area (Å²) in [6.45, 7) is 4.04. The lowest BCUT2D eigenvalue weighted by Gasteiger charge is -2.36. The fraction of sp³-hybridized carbons (Fsp3) is 0.778. The zero-order chi connectivity index (χ0) is 9.84. The molecule has 4 nitrogen and oxygen atoms in total. The molecule has 1 heterocycles. The first kappa shape index (κ1) is 10.2. The lowest BCUT2D eigenvalue weighted by Crippen LogP contribution is -2.53. The van der Waals surface area contributed by atoms with Crippen LogP contribution in [0.3, 0.4) is 0 Å². The predicted molar refractivity (Wildman–Crippen MR) is 49.4 cm³/mol. The Bertz CT molecular complexity index is 206. The minimum absolute atomic E-state index is 0.143. The minimum Gasteiger partial charge on any atom is -0.341 e. The Morgan fingerprint density at radius 3 is 2.85 bits per heavy atom. The summed E-state index contributed by atoms with van der Waals surface area (Å²) in [7, 11) is 1.82. The maximum Gasteiger partial charge on any atom is 0.236 e. The first-order chi connectivity index (χ1) is 6.15. The highest BCUT2D eigenvalue weighted by Gasteiger charge is 2.25. The van der Waals surface area contributed by atoms with Gasteiger partial charge in [-0.05, 0) is 6.92 Å². The number of likely N-dealkylation sites (N-methyl/N-ethyl adjacent to an activating group) is 1. The molecule has 1 rings (SSSR count). The van der Waals surface area contributed by atoms with Crippen molar-refractivity contribution < 1.29 is 9.59 Å². The molecular weight excluding hydrogens is 168 g/mol. The van der Waals surface area contributed by atoms with Gasteiger partial charge in [-0.1, -0.05) is 0 Å². The van der Waals surface area contributed by atoms with Crippen LogP contribution in [0.15, 0.2) is 0 Å². The Hall–Kier alpha value is -0.900. The van der Waals surface area contributed by atoms with Gasteiger partial charge in [0.05, 0.1) is 6.54 Å². The molecule has 0 saturated carbocycles. The Morgan fingerprint density at radius 1 is 1.62 bits per heavy atom. The zero-order valence-corrected chi connectivity index (χ0v) is 8.19. The third kappa shape index (κ3) is 2.52. The number of aldehydes is 1. The van der Waals surface area contributed by atoms with Crippen LogP contribution in [0.1, 0.15) is 13.3 Å². The van der Waals surface area contributed by atoms with E-state index < -0.39 is 0 Å². The Kier molecular flexibility index (Phi) is 3.42. The van der Waals surface area contributed by atoms with E-state index in [0.717, 1.165) is 12.8 Å². The van der Waals surface area contributed by atoms with Crippen LogP contribution < -0.4 is 0 Å². The van der Waals surface area contributed by atoms with Crippen LogP contribution in [0.4, 0.5) is 0 Å². The summed E-state index contributed by atoms with van der Waals surface area (Å²) in [6, 6.07) is 0.257. The second-order valence-electron chi connectivity index (χ2n) is 3.54. The monoisotopic (exact) mass is 184 g/mol. The van der Waals surface area contributed by atoms with Crippen LogP contribution in [0.5, 0.6) is 0 Å². The van der Waals surface area contributed by atoms with E-state index in [1.54, 1.807) is 4.90 Å². The third-order valence-corrected chi connectivity index (χ3v) is 2.50. The molecule has 0 radical (unpaired) electrons. The average Bonchev–Trinajstić information content (AvgIpc) is 2.10. The van der Waals surface area contributed by atoms with E-state index in [-0.39, 0.29) is 11.9 Å². The SMILES string of the molecule is CC1CN(CCC=O)CC(=O)N1C. The maximum atomic E-state index is 11.4. The van der Waals surface area contributed by atoms with Gasteiger partial charge in [-0.25, -0.2) is 0 Å². The summed E-state index contributed by atoms with van der Waals surface area (Å²) in [6.07, 6.45) is 1.41. The van der Waals surface area contributed by atoms with Crippen molar-refractivity contribution in [2.24, 2.45) is 0 Å². The van der Waals surface area contributed by atoms with E-state index in [2.05, 4.69) is 0 Å². The Morgan fingerprint density at radius 2 is 2.31 bits per heavy atom. The van der Waals surface area contributed by atoms with Gasteiger partial charge in [-0.2, -0.15) is 0 Å². The second-order valence-corrected chi connectivity index (χ2v) is 3.54. The molecule has 13 heavy (non-hydrogen) atoms. The molecule has 74 valence electrons.